The summed E-state index contributed by atoms with van der Waals surface area (Å²) in [5.41, 5.74) is 0. The third kappa shape index (κ3) is 6.58. The predicted molar refractivity (Wildman–Crippen MR) is 68.3 cm³/mol. The van der Waals surface area contributed by atoms with Crippen molar-refractivity contribution in [3.8, 4) is 0 Å². The summed E-state index contributed by atoms with van der Waals surface area (Å²) >= 11 is -0.0690. The Bertz CT molecular complexity index is 301. The van der Waals surface area contributed by atoms with Gasteiger partial charge in [0.2, 0.25) is 0 Å². The molecule has 0 heterocycles. The van der Waals surface area contributed by atoms with Crippen LogP contribution in [0, 0.1) is 0 Å². The number of rotatable bonds is 5. The maximum atomic E-state index is 10.7. The quantitative estimate of drug-likeness (QED) is 0.387. The van der Waals surface area contributed by atoms with Crippen LogP contribution >= 0.6 is 11.8 Å². The fourth-order valence-corrected chi connectivity index (χ4v) is 2.35. The van der Waals surface area contributed by atoms with Crippen molar-refractivity contribution >= 4 is 74.2 Å². The molecule has 0 aromatic heterocycles. The van der Waals surface area contributed by atoms with E-state index in [0.29, 0.717) is 4.90 Å². The van der Waals surface area contributed by atoms with Crippen molar-refractivity contribution < 1.29 is 8.76 Å². The summed E-state index contributed by atoms with van der Waals surface area (Å²) in [5, 5.41) is 0. The molecule has 1 aromatic carbocycles. The van der Waals surface area contributed by atoms with Crippen LogP contribution in [0.2, 0.25) is 0 Å². The third-order valence-electron chi connectivity index (χ3n) is 1.79. The Kier molecular flexibility index (Phi) is 10.2. The van der Waals surface area contributed by atoms with E-state index in [9.17, 15) is 4.21 Å². The molecular weight excluding hydrogens is 255 g/mol. The summed E-state index contributed by atoms with van der Waals surface area (Å²) in [4.78, 5) is 1.62. The van der Waals surface area contributed by atoms with E-state index in [2.05, 4.69) is 6.92 Å². The van der Waals surface area contributed by atoms with Crippen molar-refractivity contribution in [2.24, 2.45) is 0 Å². The number of unbranched alkanes of at least 4 members (excludes halogenated alkanes) is 1. The van der Waals surface area contributed by atoms with E-state index in [0.717, 1.165) is 10.6 Å². The molecule has 80 valence electrons. The van der Waals surface area contributed by atoms with Crippen molar-refractivity contribution in [1.29, 1.82) is 0 Å². The van der Waals surface area contributed by atoms with Gasteiger partial charge in [0, 0.05) is 4.90 Å². The fraction of sp³-hybridized carbons (Fsp3) is 0.400. The second-order valence-corrected chi connectivity index (χ2v) is 5.06. The molecule has 0 amide bonds. The number of hydrogen-bond acceptors (Lipinski definition) is 2. The normalized spacial score (nSPS) is 11.9. The standard InChI is InChI=1S/C10H14O2S2.K.H/c1-2-3-8-13-9-4-6-10(7-5-9)14(11)12;;/h4-7H,2-3,8H2,1H3,(H,11,12);;. The van der Waals surface area contributed by atoms with Gasteiger partial charge in [-0.25, -0.2) is 4.21 Å². The first-order chi connectivity index (χ1) is 6.74. The van der Waals surface area contributed by atoms with Gasteiger partial charge in [0.25, 0.3) is 0 Å². The summed E-state index contributed by atoms with van der Waals surface area (Å²) in [6, 6.07) is 7.18. The average Bonchev–Trinajstić information content (AvgIpc) is 2.19. The van der Waals surface area contributed by atoms with Crippen molar-refractivity contribution in [1.82, 2.24) is 0 Å². The van der Waals surface area contributed by atoms with Gasteiger partial charge >= 0.3 is 51.4 Å². The molecule has 0 aliphatic rings. The van der Waals surface area contributed by atoms with Gasteiger partial charge in [-0.2, -0.15) is 0 Å². The van der Waals surface area contributed by atoms with Crippen LogP contribution in [-0.2, 0) is 11.1 Å². The molecule has 5 heteroatoms. The molecular formula is C10H15KO2S2. The van der Waals surface area contributed by atoms with E-state index in [-0.39, 0.29) is 51.4 Å². The molecule has 1 aromatic rings. The fourth-order valence-electron chi connectivity index (χ4n) is 0.987. The van der Waals surface area contributed by atoms with Gasteiger partial charge in [0.1, 0.15) is 0 Å². The number of benzene rings is 1. The summed E-state index contributed by atoms with van der Waals surface area (Å²) < 4.78 is 19.5. The molecule has 15 heavy (non-hydrogen) atoms. The first kappa shape index (κ1) is 16.3. The Morgan fingerprint density at radius 2 is 1.93 bits per heavy atom. The van der Waals surface area contributed by atoms with E-state index in [1.54, 1.807) is 23.9 Å². The molecule has 0 saturated heterocycles. The Balaban J connectivity index is 0.00000196. The minimum absolute atomic E-state index is 0. The zero-order valence-corrected chi connectivity index (χ0v) is 9.74. The van der Waals surface area contributed by atoms with Crippen molar-refractivity contribution in [3.05, 3.63) is 24.3 Å². The van der Waals surface area contributed by atoms with Gasteiger partial charge in [0.15, 0.2) is 11.1 Å². The zero-order valence-electron chi connectivity index (χ0n) is 8.10. The summed E-state index contributed by atoms with van der Waals surface area (Å²) in [5.74, 6) is 1.11. The Hall–Kier alpha value is 1.32. The van der Waals surface area contributed by atoms with E-state index >= 15 is 0 Å². The Morgan fingerprint density at radius 1 is 1.33 bits per heavy atom. The molecule has 1 rings (SSSR count). The molecule has 0 radical (unpaired) electrons. The first-order valence-electron chi connectivity index (χ1n) is 4.57. The van der Waals surface area contributed by atoms with Crippen LogP contribution in [0.5, 0.6) is 0 Å². The van der Waals surface area contributed by atoms with E-state index < -0.39 is 11.1 Å². The van der Waals surface area contributed by atoms with Crippen LogP contribution in [0.3, 0.4) is 0 Å². The van der Waals surface area contributed by atoms with Crippen LogP contribution in [0.25, 0.3) is 0 Å². The molecule has 0 aliphatic carbocycles. The van der Waals surface area contributed by atoms with Crippen LogP contribution in [0.1, 0.15) is 19.8 Å². The van der Waals surface area contributed by atoms with E-state index in [1.165, 1.54) is 12.8 Å². The van der Waals surface area contributed by atoms with Gasteiger partial charge in [-0.15, -0.1) is 11.8 Å². The second-order valence-electron chi connectivity index (χ2n) is 2.92. The molecule has 0 aliphatic heterocycles. The van der Waals surface area contributed by atoms with Gasteiger partial charge in [-0.3, -0.25) is 0 Å². The predicted octanol–water partition coefficient (Wildman–Crippen LogP) is 2.51. The van der Waals surface area contributed by atoms with Crippen LogP contribution < -0.4 is 0 Å². The molecule has 0 fully saturated rings. The topological polar surface area (TPSA) is 37.3 Å². The first-order valence-corrected chi connectivity index (χ1v) is 6.67. The summed E-state index contributed by atoms with van der Waals surface area (Å²) in [7, 11) is 0. The summed E-state index contributed by atoms with van der Waals surface area (Å²) in [6.45, 7) is 2.17. The van der Waals surface area contributed by atoms with Crippen molar-refractivity contribution in [2.45, 2.75) is 29.6 Å². The molecule has 1 unspecified atom stereocenters. The van der Waals surface area contributed by atoms with Crippen LogP contribution in [0.4, 0.5) is 0 Å². The second kappa shape index (κ2) is 9.36. The molecule has 2 nitrogen and oxygen atoms in total. The van der Waals surface area contributed by atoms with Crippen molar-refractivity contribution in [3.63, 3.8) is 0 Å². The van der Waals surface area contributed by atoms with Gasteiger partial charge in [0.05, 0.1) is 4.90 Å². The monoisotopic (exact) mass is 270 g/mol. The average molecular weight is 270 g/mol. The van der Waals surface area contributed by atoms with Gasteiger partial charge in [-0.05, 0) is 36.4 Å². The van der Waals surface area contributed by atoms with Crippen molar-refractivity contribution in [2.75, 3.05) is 5.75 Å². The Labute approximate surface area is 140 Å². The number of thioether (sulfide) groups is 1. The molecule has 0 bridgehead atoms. The maximum absolute atomic E-state index is 10.7. The summed E-state index contributed by atoms with van der Waals surface area (Å²) in [6.07, 6.45) is 2.41. The van der Waals surface area contributed by atoms with Gasteiger partial charge in [-0.1, -0.05) is 13.3 Å². The molecule has 0 saturated carbocycles. The molecule has 1 N–H and O–H groups in total. The number of hydrogen-bond donors (Lipinski definition) is 1. The zero-order chi connectivity index (χ0) is 10.4. The van der Waals surface area contributed by atoms with E-state index in [4.69, 9.17) is 4.55 Å². The SMILES string of the molecule is CCCCSc1ccc(S(=O)O)cc1.[KH]. The van der Waals surface area contributed by atoms with E-state index in [1.807, 2.05) is 12.1 Å². The van der Waals surface area contributed by atoms with Gasteiger partial charge < -0.3 is 4.55 Å². The Morgan fingerprint density at radius 3 is 2.40 bits per heavy atom. The van der Waals surface area contributed by atoms with Crippen LogP contribution in [-0.4, -0.2) is 65.9 Å². The minimum atomic E-state index is -1.85. The van der Waals surface area contributed by atoms with Crippen LogP contribution in [0.15, 0.2) is 34.1 Å². The molecule has 0 spiro atoms. The third-order valence-corrected chi connectivity index (χ3v) is 3.57. The molecule has 1 atom stereocenters.